The van der Waals surface area contributed by atoms with Crippen LogP contribution in [0.2, 0.25) is 0 Å². The lowest BCUT2D eigenvalue weighted by atomic mass is 10.0. The number of hydrogen-bond acceptors (Lipinski definition) is 4. The zero-order valence-electron chi connectivity index (χ0n) is 12.4. The molecule has 0 bridgehead atoms. The SMILES string of the molecule is COC(=O)c1cc(-c2ccc(OC(F)(F)F)cc2)ncc1C(F)(F)F. The van der Waals surface area contributed by atoms with E-state index in [1.807, 2.05) is 0 Å². The first-order valence-electron chi connectivity index (χ1n) is 6.53. The van der Waals surface area contributed by atoms with Crippen LogP contribution in [-0.4, -0.2) is 24.4 Å². The average Bonchev–Trinajstić information content (AvgIpc) is 2.52. The summed E-state index contributed by atoms with van der Waals surface area (Å²) >= 11 is 0. The standard InChI is InChI=1S/C15H9F6NO3/c1-24-13(23)10-6-12(22-7-11(10)14(16,17)18)8-2-4-9(5-3-8)25-15(19,20)21/h2-7H,1H3. The molecule has 0 N–H and O–H groups in total. The van der Waals surface area contributed by atoms with E-state index in [2.05, 4.69) is 14.5 Å². The number of halogens is 6. The summed E-state index contributed by atoms with van der Waals surface area (Å²) in [6.45, 7) is 0. The van der Waals surface area contributed by atoms with Gasteiger partial charge in [0.05, 0.1) is 23.9 Å². The van der Waals surface area contributed by atoms with Crippen molar-refractivity contribution in [2.24, 2.45) is 0 Å². The van der Waals surface area contributed by atoms with Crippen molar-refractivity contribution >= 4 is 5.97 Å². The summed E-state index contributed by atoms with van der Waals surface area (Å²) in [5, 5.41) is 0. The van der Waals surface area contributed by atoms with Crippen molar-refractivity contribution in [3.8, 4) is 17.0 Å². The molecule has 2 rings (SSSR count). The van der Waals surface area contributed by atoms with Crippen LogP contribution in [0.5, 0.6) is 5.75 Å². The Morgan fingerprint density at radius 1 is 1.04 bits per heavy atom. The number of alkyl halides is 6. The van der Waals surface area contributed by atoms with Crippen LogP contribution in [0.3, 0.4) is 0 Å². The Kier molecular flexibility index (Phi) is 4.91. The Labute approximate surface area is 137 Å². The molecule has 1 heterocycles. The molecule has 4 nitrogen and oxygen atoms in total. The van der Waals surface area contributed by atoms with Crippen LogP contribution >= 0.6 is 0 Å². The van der Waals surface area contributed by atoms with Crippen LogP contribution in [0.1, 0.15) is 15.9 Å². The monoisotopic (exact) mass is 365 g/mol. The second-order valence-electron chi connectivity index (χ2n) is 4.68. The zero-order chi connectivity index (χ0) is 18.8. The molecule has 0 radical (unpaired) electrons. The molecule has 0 aliphatic carbocycles. The highest BCUT2D eigenvalue weighted by molar-refractivity contribution is 5.92. The quantitative estimate of drug-likeness (QED) is 0.596. The Balaban J connectivity index is 2.41. The number of methoxy groups -OCH3 is 1. The van der Waals surface area contributed by atoms with Gasteiger partial charge in [0.1, 0.15) is 5.75 Å². The molecule has 2 aromatic rings. The Hall–Kier alpha value is -2.78. The maximum atomic E-state index is 12.9. The van der Waals surface area contributed by atoms with E-state index < -0.39 is 35.4 Å². The van der Waals surface area contributed by atoms with Crippen molar-refractivity contribution in [2.75, 3.05) is 7.11 Å². The van der Waals surface area contributed by atoms with Crippen molar-refractivity contribution in [1.29, 1.82) is 0 Å². The second-order valence-corrected chi connectivity index (χ2v) is 4.68. The highest BCUT2D eigenvalue weighted by Gasteiger charge is 2.36. The predicted octanol–water partition coefficient (Wildman–Crippen LogP) is 4.45. The van der Waals surface area contributed by atoms with Gasteiger partial charge in [0, 0.05) is 11.8 Å². The summed E-state index contributed by atoms with van der Waals surface area (Å²) in [5.74, 6) is -1.72. The van der Waals surface area contributed by atoms with Crippen molar-refractivity contribution in [3.05, 3.63) is 47.7 Å². The molecule has 0 unspecified atom stereocenters. The van der Waals surface area contributed by atoms with Crippen LogP contribution in [0.25, 0.3) is 11.3 Å². The normalized spacial score (nSPS) is 12.0. The van der Waals surface area contributed by atoms with Gasteiger partial charge in [-0.3, -0.25) is 4.98 Å². The molecule has 0 aliphatic heterocycles. The number of nitrogens with zero attached hydrogens (tertiary/aromatic N) is 1. The number of hydrogen-bond donors (Lipinski definition) is 0. The third kappa shape index (κ3) is 4.61. The Morgan fingerprint density at radius 3 is 2.12 bits per heavy atom. The molecule has 0 aliphatic rings. The largest absolute Gasteiger partial charge is 0.573 e. The second kappa shape index (κ2) is 6.61. The predicted molar refractivity (Wildman–Crippen MR) is 72.7 cm³/mol. The number of esters is 1. The number of carbonyl (C=O) groups excluding carboxylic acids is 1. The van der Waals surface area contributed by atoms with E-state index in [0.29, 0.717) is 6.20 Å². The van der Waals surface area contributed by atoms with Gasteiger partial charge in [0.25, 0.3) is 0 Å². The molecule has 0 spiro atoms. The lowest BCUT2D eigenvalue weighted by Gasteiger charge is -2.13. The molecule has 134 valence electrons. The lowest BCUT2D eigenvalue weighted by molar-refractivity contribution is -0.274. The van der Waals surface area contributed by atoms with Gasteiger partial charge in [0.2, 0.25) is 0 Å². The average molecular weight is 365 g/mol. The van der Waals surface area contributed by atoms with Crippen LogP contribution in [0, 0.1) is 0 Å². The van der Waals surface area contributed by atoms with Crippen molar-refractivity contribution in [3.63, 3.8) is 0 Å². The first-order chi connectivity index (χ1) is 11.5. The van der Waals surface area contributed by atoms with E-state index >= 15 is 0 Å². The van der Waals surface area contributed by atoms with Crippen molar-refractivity contribution in [2.45, 2.75) is 12.5 Å². The van der Waals surface area contributed by atoms with Crippen LogP contribution in [0.4, 0.5) is 26.3 Å². The topological polar surface area (TPSA) is 48.4 Å². The van der Waals surface area contributed by atoms with Crippen molar-refractivity contribution in [1.82, 2.24) is 4.98 Å². The molecule has 0 saturated carbocycles. The lowest BCUT2D eigenvalue weighted by Crippen LogP contribution is -2.17. The number of pyridine rings is 1. The van der Waals surface area contributed by atoms with E-state index in [4.69, 9.17) is 0 Å². The minimum Gasteiger partial charge on any atom is -0.465 e. The van der Waals surface area contributed by atoms with Gasteiger partial charge in [-0.15, -0.1) is 13.2 Å². The number of aromatic nitrogens is 1. The minimum absolute atomic E-state index is 0.0491. The molecular formula is C15H9F6NO3. The molecule has 0 amide bonds. The van der Waals surface area contributed by atoms with Gasteiger partial charge in [0.15, 0.2) is 0 Å². The van der Waals surface area contributed by atoms with E-state index in [1.54, 1.807) is 0 Å². The Morgan fingerprint density at radius 2 is 1.64 bits per heavy atom. The van der Waals surface area contributed by atoms with Crippen molar-refractivity contribution < 1.29 is 40.6 Å². The van der Waals surface area contributed by atoms with E-state index in [0.717, 1.165) is 37.4 Å². The third-order valence-corrected chi connectivity index (χ3v) is 3.00. The number of carbonyl (C=O) groups is 1. The maximum Gasteiger partial charge on any atom is 0.573 e. The molecular weight excluding hydrogens is 356 g/mol. The van der Waals surface area contributed by atoms with Gasteiger partial charge in [-0.2, -0.15) is 13.2 Å². The smallest absolute Gasteiger partial charge is 0.465 e. The minimum atomic E-state index is -4.87. The molecule has 0 atom stereocenters. The number of benzene rings is 1. The summed E-state index contributed by atoms with van der Waals surface area (Å²) < 4.78 is 83.1. The summed E-state index contributed by atoms with van der Waals surface area (Å²) in [5.41, 5.74) is -1.89. The van der Waals surface area contributed by atoms with Gasteiger partial charge < -0.3 is 9.47 Å². The highest BCUT2D eigenvalue weighted by Crippen LogP contribution is 2.34. The molecule has 25 heavy (non-hydrogen) atoms. The molecule has 1 aromatic heterocycles. The summed E-state index contributed by atoms with van der Waals surface area (Å²) in [6, 6.07) is 5.13. The third-order valence-electron chi connectivity index (χ3n) is 3.00. The zero-order valence-corrected chi connectivity index (χ0v) is 12.4. The highest BCUT2D eigenvalue weighted by atomic mass is 19.4. The fraction of sp³-hybridized carbons (Fsp3) is 0.200. The molecule has 0 fully saturated rings. The van der Waals surface area contributed by atoms with Gasteiger partial charge in [-0.25, -0.2) is 4.79 Å². The van der Waals surface area contributed by atoms with Gasteiger partial charge >= 0.3 is 18.5 Å². The van der Waals surface area contributed by atoms with Crippen LogP contribution in [0.15, 0.2) is 36.5 Å². The summed E-state index contributed by atoms with van der Waals surface area (Å²) in [4.78, 5) is 15.2. The summed E-state index contributed by atoms with van der Waals surface area (Å²) in [6.07, 6.45) is -9.23. The fourth-order valence-corrected chi connectivity index (χ4v) is 1.95. The first-order valence-corrected chi connectivity index (χ1v) is 6.53. The first kappa shape index (κ1) is 18.6. The van der Waals surface area contributed by atoms with E-state index in [1.165, 1.54) is 0 Å². The molecule has 0 saturated heterocycles. The molecule has 1 aromatic carbocycles. The fourth-order valence-electron chi connectivity index (χ4n) is 1.95. The van der Waals surface area contributed by atoms with Gasteiger partial charge in [-0.05, 0) is 30.3 Å². The summed E-state index contributed by atoms with van der Waals surface area (Å²) in [7, 11) is 0.922. The van der Waals surface area contributed by atoms with E-state index in [9.17, 15) is 31.1 Å². The number of ether oxygens (including phenoxy) is 2. The number of rotatable bonds is 3. The maximum absolute atomic E-state index is 12.9. The van der Waals surface area contributed by atoms with Gasteiger partial charge in [-0.1, -0.05) is 0 Å². The van der Waals surface area contributed by atoms with Crippen LogP contribution < -0.4 is 4.74 Å². The van der Waals surface area contributed by atoms with Crippen LogP contribution in [-0.2, 0) is 10.9 Å². The molecule has 10 heteroatoms. The van der Waals surface area contributed by atoms with E-state index in [-0.39, 0.29) is 11.3 Å². The Bertz CT molecular complexity index is 768.